The molecule has 0 heterocycles. The van der Waals surface area contributed by atoms with Gasteiger partial charge in [-0.3, -0.25) is 0 Å². The van der Waals surface area contributed by atoms with Crippen LogP contribution in [0.25, 0.3) is 0 Å². The van der Waals surface area contributed by atoms with Crippen molar-refractivity contribution in [2.24, 2.45) is 0 Å². The van der Waals surface area contributed by atoms with Crippen molar-refractivity contribution in [2.45, 2.75) is 32.7 Å². The first-order chi connectivity index (χ1) is 6.02. The maximum Gasteiger partial charge on any atom is 0.251 e. The maximum atomic E-state index is 11.9. The quantitative estimate of drug-likeness (QED) is 0.619. The predicted molar refractivity (Wildman–Crippen MR) is 51.3 cm³/mol. The Bertz CT molecular complexity index is 118. The van der Waals surface area contributed by atoms with Gasteiger partial charge in [-0.1, -0.05) is 13.8 Å². The molecular formula is C9H20F2N2. The van der Waals surface area contributed by atoms with Gasteiger partial charge in [-0.05, 0) is 26.6 Å². The molecular weight excluding hydrogens is 174 g/mol. The highest BCUT2D eigenvalue weighted by Crippen LogP contribution is 1.96. The summed E-state index contributed by atoms with van der Waals surface area (Å²) in [6.07, 6.45) is -1.30. The molecule has 1 N–H and O–H groups in total. The number of nitrogens with zero attached hydrogens (tertiary/aromatic N) is 1. The van der Waals surface area contributed by atoms with Crippen LogP contribution >= 0.6 is 0 Å². The van der Waals surface area contributed by atoms with Gasteiger partial charge in [0.05, 0.1) is 6.54 Å². The summed E-state index contributed by atoms with van der Waals surface area (Å²) in [4.78, 5) is 1.66. The van der Waals surface area contributed by atoms with Crippen LogP contribution in [0.15, 0.2) is 0 Å². The zero-order valence-electron chi connectivity index (χ0n) is 8.69. The van der Waals surface area contributed by atoms with Gasteiger partial charge < -0.3 is 10.2 Å². The first-order valence-corrected chi connectivity index (χ1v) is 4.72. The van der Waals surface area contributed by atoms with Gasteiger partial charge in [-0.15, -0.1) is 0 Å². The van der Waals surface area contributed by atoms with Crippen LogP contribution in [-0.4, -0.2) is 44.0 Å². The van der Waals surface area contributed by atoms with E-state index in [1.165, 1.54) is 0 Å². The molecule has 0 unspecified atom stereocenters. The van der Waals surface area contributed by atoms with E-state index in [9.17, 15) is 8.78 Å². The summed E-state index contributed by atoms with van der Waals surface area (Å²) in [6, 6.07) is 0.473. The van der Waals surface area contributed by atoms with E-state index in [1.54, 1.807) is 11.9 Å². The lowest BCUT2D eigenvalue weighted by Gasteiger charge is -2.16. The molecule has 0 amide bonds. The highest BCUT2D eigenvalue weighted by atomic mass is 19.3. The third kappa shape index (κ3) is 9.70. The Morgan fingerprint density at radius 2 is 1.92 bits per heavy atom. The fourth-order valence-corrected chi connectivity index (χ4v) is 1.07. The van der Waals surface area contributed by atoms with E-state index in [0.29, 0.717) is 6.04 Å². The van der Waals surface area contributed by atoms with Gasteiger partial charge >= 0.3 is 0 Å². The molecule has 0 atom stereocenters. The Labute approximate surface area is 79.3 Å². The van der Waals surface area contributed by atoms with E-state index >= 15 is 0 Å². The summed E-state index contributed by atoms with van der Waals surface area (Å²) in [5, 5.41) is 3.24. The average Bonchev–Trinajstić information content (AvgIpc) is 1.96. The molecule has 0 saturated carbocycles. The second kappa shape index (κ2) is 7.21. The number of hydrogen-bond acceptors (Lipinski definition) is 2. The molecule has 0 aromatic rings. The predicted octanol–water partition coefficient (Wildman–Crippen LogP) is 1.57. The molecule has 0 aliphatic carbocycles. The second-order valence-electron chi connectivity index (χ2n) is 3.62. The smallest absolute Gasteiger partial charge is 0.251 e. The zero-order chi connectivity index (χ0) is 10.3. The minimum atomic E-state index is -2.22. The Morgan fingerprint density at radius 1 is 1.31 bits per heavy atom. The third-order valence-corrected chi connectivity index (χ3v) is 1.72. The van der Waals surface area contributed by atoms with E-state index in [0.717, 1.165) is 19.5 Å². The summed E-state index contributed by atoms with van der Waals surface area (Å²) >= 11 is 0. The number of halogens is 2. The molecule has 4 heteroatoms. The number of alkyl halides is 2. The molecule has 0 radical (unpaired) electrons. The van der Waals surface area contributed by atoms with Gasteiger partial charge in [0.2, 0.25) is 0 Å². The number of rotatable bonds is 7. The lowest BCUT2D eigenvalue weighted by Crippen LogP contribution is -2.30. The molecule has 0 aliphatic heterocycles. The van der Waals surface area contributed by atoms with Gasteiger partial charge in [0.15, 0.2) is 0 Å². The maximum absolute atomic E-state index is 11.9. The van der Waals surface area contributed by atoms with Crippen LogP contribution in [0.4, 0.5) is 8.78 Å². The van der Waals surface area contributed by atoms with Crippen molar-refractivity contribution in [3.63, 3.8) is 0 Å². The largest absolute Gasteiger partial charge is 0.314 e. The monoisotopic (exact) mass is 194 g/mol. The summed E-state index contributed by atoms with van der Waals surface area (Å²) in [5.74, 6) is 0. The molecule has 80 valence electrons. The van der Waals surface area contributed by atoms with Crippen molar-refractivity contribution in [3.8, 4) is 0 Å². The van der Waals surface area contributed by atoms with E-state index in [-0.39, 0.29) is 6.54 Å². The van der Waals surface area contributed by atoms with Crippen LogP contribution in [0, 0.1) is 0 Å². The van der Waals surface area contributed by atoms with Crippen LogP contribution in [-0.2, 0) is 0 Å². The Balaban J connectivity index is 3.22. The van der Waals surface area contributed by atoms with Gasteiger partial charge in [0, 0.05) is 6.04 Å². The molecule has 0 aliphatic rings. The third-order valence-electron chi connectivity index (χ3n) is 1.72. The van der Waals surface area contributed by atoms with Crippen molar-refractivity contribution in [1.82, 2.24) is 10.2 Å². The van der Waals surface area contributed by atoms with E-state index in [1.807, 2.05) is 0 Å². The first kappa shape index (κ1) is 12.8. The lowest BCUT2D eigenvalue weighted by atomic mass is 10.3. The van der Waals surface area contributed by atoms with Crippen LogP contribution < -0.4 is 5.32 Å². The number of hydrogen-bond donors (Lipinski definition) is 1. The second-order valence-corrected chi connectivity index (χ2v) is 3.62. The Hall–Kier alpha value is -0.220. The summed E-state index contributed by atoms with van der Waals surface area (Å²) in [7, 11) is 1.72. The topological polar surface area (TPSA) is 15.3 Å². The molecule has 0 saturated heterocycles. The minimum absolute atomic E-state index is 0.123. The minimum Gasteiger partial charge on any atom is -0.314 e. The molecule has 2 nitrogen and oxygen atoms in total. The standard InChI is InChI=1S/C9H20F2N2/c1-8(2)12-5-4-6-13(3)7-9(10)11/h8-9,12H,4-7H2,1-3H3. The molecule has 13 heavy (non-hydrogen) atoms. The first-order valence-electron chi connectivity index (χ1n) is 4.72. The fraction of sp³-hybridized carbons (Fsp3) is 1.00. The van der Waals surface area contributed by atoms with Crippen molar-refractivity contribution in [3.05, 3.63) is 0 Å². The van der Waals surface area contributed by atoms with Crippen molar-refractivity contribution in [1.29, 1.82) is 0 Å². The van der Waals surface area contributed by atoms with Crippen LogP contribution in [0.3, 0.4) is 0 Å². The Morgan fingerprint density at radius 3 is 2.38 bits per heavy atom. The van der Waals surface area contributed by atoms with Crippen LogP contribution in [0.5, 0.6) is 0 Å². The zero-order valence-corrected chi connectivity index (χ0v) is 8.69. The van der Waals surface area contributed by atoms with E-state index < -0.39 is 6.43 Å². The van der Waals surface area contributed by atoms with Crippen LogP contribution in [0.1, 0.15) is 20.3 Å². The highest BCUT2D eigenvalue weighted by molar-refractivity contribution is 4.57. The van der Waals surface area contributed by atoms with Crippen molar-refractivity contribution in [2.75, 3.05) is 26.7 Å². The average molecular weight is 194 g/mol. The van der Waals surface area contributed by atoms with Crippen molar-refractivity contribution < 1.29 is 8.78 Å². The SMILES string of the molecule is CC(C)NCCCN(C)CC(F)F. The van der Waals surface area contributed by atoms with E-state index in [2.05, 4.69) is 19.2 Å². The summed E-state index contributed by atoms with van der Waals surface area (Å²) < 4.78 is 23.7. The molecule has 0 bridgehead atoms. The molecule has 0 spiro atoms. The van der Waals surface area contributed by atoms with Gasteiger partial charge in [0.1, 0.15) is 0 Å². The molecule has 0 aromatic heterocycles. The van der Waals surface area contributed by atoms with Crippen LogP contribution in [0.2, 0.25) is 0 Å². The molecule has 0 aromatic carbocycles. The van der Waals surface area contributed by atoms with Gasteiger partial charge in [-0.2, -0.15) is 0 Å². The van der Waals surface area contributed by atoms with Crippen molar-refractivity contribution >= 4 is 0 Å². The molecule has 0 fully saturated rings. The van der Waals surface area contributed by atoms with E-state index in [4.69, 9.17) is 0 Å². The fourth-order valence-electron chi connectivity index (χ4n) is 1.07. The van der Waals surface area contributed by atoms with Gasteiger partial charge in [0.25, 0.3) is 6.43 Å². The normalized spacial score (nSPS) is 12.0. The summed E-state index contributed by atoms with van der Waals surface area (Å²) in [6.45, 7) is 5.64. The number of nitrogens with one attached hydrogen (secondary N) is 1. The Kier molecular flexibility index (Phi) is 7.09. The summed E-state index contributed by atoms with van der Waals surface area (Å²) in [5.41, 5.74) is 0. The molecule has 0 rings (SSSR count). The lowest BCUT2D eigenvalue weighted by molar-refractivity contribution is 0.0998. The highest BCUT2D eigenvalue weighted by Gasteiger charge is 2.06. The van der Waals surface area contributed by atoms with Gasteiger partial charge in [-0.25, -0.2) is 8.78 Å².